The maximum absolute atomic E-state index is 13.0. The summed E-state index contributed by atoms with van der Waals surface area (Å²) in [5.74, 6) is -0.128. The Morgan fingerprint density at radius 2 is 1.88 bits per heavy atom. The Morgan fingerprint density at radius 3 is 2.42 bits per heavy atom. The monoisotopic (exact) mass is 366 g/mol. The van der Waals surface area contributed by atoms with Crippen LogP contribution in [0, 0.1) is 5.92 Å². The van der Waals surface area contributed by atoms with E-state index >= 15 is 0 Å². The van der Waals surface area contributed by atoms with Gasteiger partial charge in [0.05, 0.1) is 11.6 Å². The number of nitrogens with one attached hydrogen (secondary N) is 1. The van der Waals surface area contributed by atoms with E-state index < -0.39 is 28.0 Å². The van der Waals surface area contributed by atoms with Gasteiger partial charge in [0.25, 0.3) is 10.2 Å². The molecule has 1 fully saturated rings. The quantitative estimate of drug-likeness (QED) is 0.871. The van der Waals surface area contributed by atoms with Crippen molar-refractivity contribution in [1.82, 2.24) is 9.03 Å². The van der Waals surface area contributed by atoms with Crippen LogP contribution in [0.25, 0.3) is 0 Å². The molecule has 0 saturated carbocycles. The van der Waals surface area contributed by atoms with E-state index in [1.807, 2.05) is 0 Å². The van der Waals surface area contributed by atoms with Crippen LogP contribution >= 0.6 is 0 Å². The Hall–Kier alpha value is -1.16. The van der Waals surface area contributed by atoms with E-state index in [1.165, 1.54) is 26.2 Å². The summed E-state index contributed by atoms with van der Waals surface area (Å²) in [7, 11) is -1.04. The minimum Gasteiger partial charge on any atom is -0.381 e. The van der Waals surface area contributed by atoms with Gasteiger partial charge in [0.1, 0.15) is 0 Å². The minimum atomic E-state index is -4.48. The third-order valence-electron chi connectivity index (χ3n) is 4.07. The first-order valence-electron chi connectivity index (χ1n) is 7.56. The van der Waals surface area contributed by atoms with Gasteiger partial charge in [0, 0.05) is 27.3 Å². The van der Waals surface area contributed by atoms with Gasteiger partial charge in [-0.1, -0.05) is 12.1 Å². The zero-order valence-corrected chi connectivity index (χ0v) is 14.3. The van der Waals surface area contributed by atoms with Gasteiger partial charge in [-0.3, -0.25) is 0 Å². The highest BCUT2D eigenvalue weighted by molar-refractivity contribution is 7.87. The lowest BCUT2D eigenvalue weighted by Gasteiger charge is -2.32. The molecule has 1 unspecified atom stereocenters. The number of hydrogen-bond donors (Lipinski definition) is 1. The number of ether oxygens (including phenoxy) is 1. The molecule has 0 bridgehead atoms. The van der Waals surface area contributed by atoms with Crippen molar-refractivity contribution in [2.45, 2.75) is 25.1 Å². The molecule has 24 heavy (non-hydrogen) atoms. The average molecular weight is 366 g/mol. The molecule has 1 saturated heterocycles. The molecule has 1 aliphatic heterocycles. The molecule has 2 rings (SSSR count). The standard InChI is InChI=1S/C15H21F3N2O3S/c1-20(2)24(21,22)19-14(11-6-8-23-9-7-11)12-4-3-5-13(10-12)15(16,17)18/h3-5,10-11,14,19H,6-9H2,1-2H3. The van der Waals surface area contributed by atoms with E-state index in [-0.39, 0.29) is 5.92 Å². The van der Waals surface area contributed by atoms with E-state index in [0.29, 0.717) is 31.6 Å². The largest absolute Gasteiger partial charge is 0.416 e. The molecule has 9 heteroatoms. The smallest absolute Gasteiger partial charge is 0.381 e. The Balaban J connectivity index is 2.38. The third kappa shape index (κ3) is 4.69. The number of hydrogen-bond acceptors (Lipinski definition) is 3. The van der Waals surface area contributed by atoms with E-state index in [1.54, 1.807) is 0 Å². The van der Waals surface area contributed by atoms with Crippen LogP contribution in [0.3, 0.4) is 0 Å². The fourth-order valence-corrected chi connectivity index (χ4v) is 3.52. The lowest BCUT2D eigenvalue weighted by molar-refractivity contribution is -0.137. The molecule has 5 nitrogen and oxygen atoms in total. The van der Waals surface area contributed by atoms with Gasteiger partial charge in [0.2, 0.25) is 0 Å². The molecule has 0 aromatic heterocycles. The molecule has 0 spiro atoms. The van der Waals surface area contributed by atoms with Crippen molar-refractivity contribution < 1.29 is 26.3 Å². The second-order valence-corrected chi connectivity index (χ2v) is 7.87. The maximum Gasteiger partial charge on any atom is 0.416 e. The van der Waals surface area contributed by atoms with E-state index in [0.717, 1.165) is 16.4 Å². The fraction of sp³-hybridized carbons (Fsp3) is 0.600. The van der Waals surface area contributed by atoms with Crippen LogP contribution in [-0.4, -0.2) is 40.0 Å². The van der Waals surface area contributed by atoms with Crippen molar-refractivity contribution in [3.8, 4) is 0 Å². The number of rotatable bonds is 5. The molecule has 1 atom stereocenters. The van der Waals surface area contributed by atoms with Crippen molar-refractivity contribution in [3.05, 3.63) is 35.4 Å². The lowest BCUT2D eigenvalue weighted by atomic mass is 9.87. The lowest BCUT2D eigenvalue weighted by Crippen LogP contribution is -2.41. The maximum atomic E-state index is 13.0. The summed E-state index contributed by atoms with van der Waals surface area (Å²) < 4.78 is 72.1. The first kappa shape index (κ1) is 19.2. The summed E-state index contributed by atoms with van der Waals surface area (Å²) in [6.07, 6.45) is -3.32. The molecule has 0 amide bonds. The van der Waals surface area contributed by atoms with Gasteiger partial charge in [0.15, 0.2) is 0 Å². The molecule has 0 radical (unpaired) electrons. The van der Waals surface area contributed by atoms with Crippen molar-refractivity contribution in [2.75, 3.05) is 27.3 Å². The van der Waals surface area contributed by atoms with Crippen molar-refractivity contribution in [3.63, 3.8) is 0 Å². The van der Waals surface area contributed by atoms with Gasteiger partial charge in [-0.2, -0.15) is 30.6 Å². The zero-order valence-electron chi connectivity index (χ0n) is 13.5. The molecule has 1 heterocycles. The topological polar surface area (TPSA) is 58.6 Å². The molecule has 1 N–H and O–H groups in total. The highest BCUT2D eigenvalue weighted by Gasteiger charge is 2.34. The second kappa shape index (κ2) is 7.38. The number of alkyl halides is 3. The second-order valence-electron chi connectivity index (χ2n) is 5.96. The van der Waals surface area contributed by atoms with Crippen LogP contribution in [0.15, 0.2) is 24.3 Å². The van der Waals surface area contributed by atoms with Crippen LogP contribution in [-0.2, 0) is 21.1 Å². The SMILES string of the molecule is CN(C)S(=O)(=O)NC(c1cccc(C(F)(F)F)c1)C1CCOCC1. The fourth-order valence-electron chi connectivity index (χ4n) is 2.66. The highest BCUT2D eigenvalue weighted by atomic mass is 32.2. The average Bonchev–Trinajstić information content (AvgIpc) is 2.52. The number of benzene rings is 1. The Kier molecular flexibility index (Phi) is 5.90. The molecule has 136 valence electrons. The van der Waals surface area contributed by atoms with Crippen LogP contribution in [0.2, 0.25) is 0 Å². The predicted molar refractivity (Wildman–Crippen MR) is 83.5 cm³/mol. The van der Waals surface area contributed by atoms with Crippen molar-refractivity contribution in [2.24, 2.45) is 5.92 Å². The zero-order chi connectivity index (χ0) is 18.0. The van der Waals surface area contributed by atoms with Gasteiger partial charge in [-0.25, -0.2) is 0 Å². The van der Waals surface area contributed by atoms with Gasteiger partial charge in [-0.15, -0.1) is 0 Å². The summed E-state index contributed by atoms with van der Waals surface area (Å²) in [5.41, 5.74) is -0.483. The Labute approximate surface area is 140 Å². The van der Waals surface area contributed by atoms with Gasteiger partial charge < -0.3 is 4.74 Å². The van der Waals surface area contributed by atoms with Crippen molar-refractivity contribution in [1.29, 1.82) is 0 Å². The van der Waals surface area contributed by atoms with E-state index in [2.05, 4.69) is 4.72 Å². The van der Waals surface area contributed by atoms with Crippen LogP contribution in [0.1, 0.15) is 30.0 Å². The molecule has 0 aliphatic carbocycles. The molecular formula is C15H21F3N2O3S. The normalized spacial score (nSPS) is 18.8. The summed E-state index contributed by atoms with van der Waals surface area (Å²) in [5, 5.41) is 0. The molecular weight excluding hydrogens is 345 g/mol. The van der Waals surface area contributed by atoms with Crippen LogP contribution in [0.4, 0.5) is 13.2 Å². The Morgan fingerprint density at radius 1 is 1.25 bits per heavy atom. The summed E-state index contributed by atoms with van der Waals surface area (Å²) >= 11 is 0. The number of nitrogens with zero attached hydrogens (tertiary/aromatic N) is 1. The third-order valence-corrected chi connectivity index (χ3v) is 5.58. The van der Waals surface area contributed by atoms with Gasteiger partial charge >= 0.3 is 6.18 Å². The number of halogens is 3. The molecule has 1 aliphatic rings. The summed E-state index contributed by atoms with van der Waals surface area (Å²) in [6.45, 7) is 0.924. The summed E-state index contributed by atoms with van der Waals surface area (Å²) in [4.78, 5) is 0. The van der Waals surface area contributed by atoms with Crippen molar-refractivity contribution >= 4 is 10.2 Å². The van der Waals surface area contributed by atoms with Crippen LogP contribution < -0.4 is 4.72 Å². The first-order valence-corrected chi connectivity index (χ1v) is 9.00. The highest BCUT2D eigenvalue weighted by Crippen LogP contribution is 2.35. The minimum absolute atomic E-state index is 0.128. The molecule has 1 aromatic carbocycles. The Bertz CT molecular complexity index is 656. The first-order chi connectivity index (χ1) is 11.1. The summed E-state index contributed by atoms with van der Waals surface area (Å²) in [6, 6.07) is 4.08. The molecule has 1 aromatic rings. The predicted octanol–water partition coefficient (Wildman–Crippen LogP) is 2.57. The van der Waals surface area contributed by atoms with Gasteiger partial charge in [-0.05, 0) is 36.5 Å². The van der Waals surface area contributed by atoms with Crippen LogP contribution in [0.5, 0.6) is 0 Å². The van der Waals surface area contributed by atoms with E-state index in [4.69, 9.17) is 4.74 Å². The van der Waals surface area contributed by atoms with E-state index in [9.17, 15) is 21.6 Å².